The molecule has 1 aromatic rings. The third-order valence-corrected chi connectivity index (χ3v) is 2.07. The molecule has 1 heterocycles. The molecular formula is C9H14ClN5O. The lowest BCUT2D eigenvalue weighted by atomic mass is 10.3. The van der Waals surface area contributed by atoms with Gasteiger partial charge >= 0.3 is 0 Å². The summed E-state index contributed by atoms with van der Waals surface area (Å²) >= 11 is 5.70. The fourth-order valence-corrected chi connectivity index (χ4v) is 1.31. The number of nitrogens with two attached hydrogens (primary N) is 1. The van der Waals surface area contributed by atoms with Crippen LogP contribution in [0.4, 0.5) is 11.5 Å². The monoisotopic (exact) mass is 243 g/mol. The molecule has 0 fully saturated rings. The number of halogens is 1. The first-order valence-corrected chi connectivity index (χ1v) is 5.16. The van der Waals surface area contributed by atoms with Gasteiger partial charge in [-0.25, -0.2) is 4.98 Å². The molecule has 0 saturated heterocycles. The zero-order valence-electron chi connectivity index (χ0n) is 9.17. The molecule has 1 rings (SSSR count). The Labute approximate surface area is 98.6 Å². The molecule has 16 heavy (non-hydrogen) atoms. The van der Waals surface area contributed by atoms with Crippen LogP contribution in [0.3, 0.4) is 0 Å². The predicted molar refractivity (Wildman–Crippen MR) is 63.4 cm³/mol. The van der Waals surface area contributed by atoms with Gasteiger partial charge in [-0.05, 0) is 18.5 Å². The molecule has 0 aliphatic rings. The van der Waals surface area contributed by atoms with E-state index in [-0.39, 0.29) is 11.2 Å². The summed E-state index contributed by atoms with van der Waals surface area (Å²) in [6.07, 6.45) is 0. The SMILES string of the molecule is CC(=O)NCCNc1nc(Cl)nc(C)c1N. The Balaban J connectivity index is 2.57. The van der Waals surface area contributed by atoms with Crippen LogP contribution in [0.2, 0.25) is 5.28 Å². The number of nitrogen functional groups attached to an aromatic ring is 1. The Morgan fingerprint density at radius 3 is 2.75 bits per heavy atom. The van der Waals surface area contributed by atoms with Gasteiger partial charge in [-0.1, -0.05) is 0 Å². The number of carbonyl (C=O) groups excluding carboxylic acids is 1. The smallest absolute Gasteiger partial charge is 0.224 e. The molecule has 1 amide bonds. The van der Waals surface area contributed by atoms with Crippen LogP contribution in [0.1, 0.15) is 12.6 Å². The standard InChI is InChI=1S/C9H14ClN5O/c1-5-7(11)8(15-9(10)14-5)13-4-3-12-6(2)16/h3-4,11H2,1-2H3,(H,12,16)(H,13,14,15). The number of nitrogens with zero attached hydrogens (tertiary/aromatic N) is 2. The molecule has 88 valence electrons. The minimum absolute atomic E-state index is 0.0772. The minimum atomic E-state index is -0.0772. The fraction of sp³-hybridized carbons (Fsp3) is 0.444. The zero-order chi connectivity index (χ0) is 12.1. The summed E-state index contributed by atoms with van der Waals surface area (Å²) in [5.74, 6) is 0.412. The summed E-state index contributed by atoms with van der Waals surface area (Å²) in [4.78, 5) is 18.5. The maximum Gasteiger partial charge on any atom is 0.224 e. The van der Waals surface area contributed by atoms with Gasteiger partial charge in [-0.2, -0.15) is 4.98 Å². The van der Waals surface area contributed by atoms with Crippen LogP contribution in [0, 0.1) is 6.92 Å². The number of carbonyl (C=O) groups is 1. The van der Waals surface area contributed by atoms with Crippen LogP contribution in [0.15, 0.2) is 0 Å². The lowest BCUT2D eigenvalue weighted by Crippen LogP contribution is -2.26. The second-order valence-corrected chi connectivity index (χ2v) is 3.59. The molecule has 7 heteroatoms. The van der Waals surface area contributed by atoms with Crippen LogP contribution in [-0.4, -0.2) is 29.0 Å². The van der Waals surface area contributed by atoms with Crippen LogP contribution in [0.5, 0.6) is 0 Å². The van der Waals surface area contributed by atoms with Crippen LogP contribution in [0.25, 0.3) is 0 Å². The van der Waals surface area contributed by atoms with Crippen molar-refractivity contribution in [3.8, 4) is 0 Å². The van der Waals surface area contributed by atoms with Gasteiger partial charge in [0.05, 0.1) is 11.4 Å². The van der Waals surface area contributed by atoms with Crippen molar-refractivity contribution in [2.24, 2.45) is 0 Å². The first-order valence-electron chi connectivity index (χ1n) is 4.78. The third kappa shape index (κ3) is 3.54. The van der Waals surface area contributed by atoms with E-state index in [0.717, 1.165) is 0 Å². The highest BCUT2D eigenvalue weighted by atomic mass is 35.5. The van der Waals surface area contributed by atoms with E-state index >= 15 is 0 Å². The van der Waals surface area contributed by atoms with E-state index in [1.54, 1.807) is 6.92 Å². The molecule has 0 spiro atoms. The molecule has 0 atom stereocenters. The molecule has 0 unspecified atom stereocenters. The van der Waals surface area contributed by atoms with Gasteiger partial charge in [0.1, 0.15) is 0 Å². The van der Waals surface area contributed by atoms with Gasteiger partial charge in [0.25, 0.3) is 0 Å². The van der Waals surface area contributed by atoms with E-state index in [1.807, 2.05) is 0 Å². The average molecular weight is 244 g/mol. The summed E-state index contributed by atoms with van der Waals surface area (Å²) in [5, 5.41) is 5.77. The van der Waals surface area contributed by atoms with Gasteiger partial charge < -0.3 is 16.4 Å². The second kappa shape index (κ2) is 5.50. The Kier molecular flexibility index (Phi) is 4.30. The van der Waals surface area contributed by atoms with Crippen molar-refractivity contribution < 1.29 is 4.79 Å². The number of anilines is 2. The van der Waals surface area contributed by atoms with Gasteiger partial charge in [0, 0.05) is 20.0 Å². The molecule has 6 nitrogen and oxygen atoms in total. The van der Waals surface area contributed by atoms with Gasteiger partial charge in [-0.3, -0.25) is 4.79 Å². The number of amides is 1. The summed E-state index contributed by atoms with van der Waals surface area (Å²) in [6, 6.07) is 0. The molecule has 0 bridgehead atoms. The number of aryl methyl sites for hydroxylation is 1. The van der Waals surface area contributed by atoms with E-state index in [2.05, 4.69) is 20.6 Å². The average Bonchev–Trinajstić information content (AvgIpc) is 2.19. The summed E-state index contributed by atoms with van der Waals surface area (Å²) < 4.78 is 0. The first kappa shape index (κ1) is 12.5. The molecule has 0 saturated carbocycles. The highest BCUT2D eigenvalue weighted by Crippen LogP contribution is 2.19. The highest BCUT2D eigenvalue weighted by molar-refractivity contribution is 6.28. The number of aromatic nitrogens is 2. The van der Waals surface area contributed by atoms with Crippen molar-refractivity contribution in [2.75, 3.05) is 24.1 Å². The number of nitrogens with one attached hydrogen (secondary N) is 2. The Morgan fingerprint density at radius 2 is 2.12 bits per heavy atom. The van der Waals surface area contributed by atoms with Crippen molar-refractivity contribution in [3.05, 3.63) is 11.0 Å². The highest BCUT2D eigenvalue weighted by Gasteiger charge is 2.06. The molecule has 0 aromatic carbocycles. The third-order valence-electron chi connectivity index (χ3n) is 1.90. The number of rotatable bonds is 4. The Morgan fingerprint density at radius 1 is 1.44 bits per heavy atom. The van der Waals surface area contributed by atoms with Crippen molar-refractivity contribution in [2.45, 2.75) is 13.8 Å². The number of hydrogen-bond acceptors (Lipinski definition) is 5. The van der Waals surface area contributed by atoms with Gasteiger partial charge in [-0.15, -0.1) is 0 Å². The largest absolute Gasteiger partial charge is 0.394 e. The summed E-state index contributed by atoms with van der Waals surface area (Å²) in [6.45, 7) is 4.23. The van der Waals surface area contributed by atoms with Crippen LogP contribution < -0.4 is 16.4 Å². The lowest BCUT2D eigenvalue weighted by molar-refractivity contribution is -0.118. The summed E-state index contributed by atoms with van der Waals surface area (Å²) in [5.41, 5.74) is 6.85. The normalized spacial score (nSPS) is 9.94. The first-order chi connectivity index (χ1) is 7.50. The second-order valence-electron chi connectivity index (χ2n) is 3.25. The molecule has 0 radical (unpaired) electrons. The maximum absolute atomic E-state index is 10.6. The molecule has 4 N–H and O–H groups in total. The lowest BCUT2D eigenvalue weighted by Gasteiger charge is -2.10. The summed E-state index contributed by atoms with van der Waals surface area (Å²) in [7, 11) is 0. The van der Waals surface area contributed by atoms with E-state index in [1.165, 1.54) is 6.92 Å². The van der Waals surface area contributed by atoms with E-state index < -0.39 is 0 Å². The van der Waals surface area contributed by atoms with Crippen LogP contribution in [-0.2, 0) is 4.79 Å². The molecule has 0 aliphatic carbocycles. The fourth-order valence-electron chi connectivity index (χ4n) is 1.10. The quantitative estimate of drug-likeness (QED) is 0.531. The van der Waals surface area contributed by atoms with E-state index in [0.29, 0.717) is 30.3 Å². The maximum atomic E-state index is 10.6. The van der Waals surface area contributed by atoms with Crippen LogP contribution >= 0.6 is 11.6 Å². The molecule has 0 aliphatic heterocycles. The molecular weight excluding hydrogens is 230 g/mol. The van der Waals surface area contributed by atoms with Gasteiger partial charge in [0.2, 0.25) is 11.2 Å². The molecule has 1 aromatic heterocycles. The minimum Gasteiger partial charge on any atom is -0.394 e. The van der Waals surface area contributed by atoms with E-state index in [9.17, 15) is 4.79 Å². The van der Waals surface area contributed by atoms with E-state index in [4.69, 9.17) is 17.3 Å². The number of hydrogen-bond donors (Lipinski definition) is 3. The van der Waals surface area contributed by atoms with Gasteiger partial charge in [0.15, 0.2) is 5.82 Å². The van der Waals surface area contributed by atoms with Crippen molar-refractivity contribution in [1.29, 1.82) is 0 Å². The van der Waals surface area contributed by atoms with Crippen molar-refractivity contribution in [3.63, 3.8) is 0 Å². The Bertz CT molecular complexity index is 396. The van der Waals surface area contributed by atoms with Crippen molar-refractivity contribution in [1.82, 2.24) is 15.3 Å². The van der Waals surface area contributed by atoms with Crippen molar-refractivity contribution >= 4 is 29.0 Å². The Hall–Kier alpha value is -1.56. The topological polar surface area (TPSA) is 92.9 Å². The zero-order valence-corrected chi connectivity index (χ0v) is 9.93. The predicted octanol–water partition coefficient (Wildman–Crippen LogP) is 0.569.